The van der Waals surface area contributed by atoms with Gasteiger partial charge in [-0.2, -0.15) is 0 Å². The second-order valence-corrected chi connectivity index (χ2v) is 2.97. The Morgan fingerprint density at radius 3 is 3.08 bits per heavy atom. The Labute approximate surface area is 74.0 Å². The molecule has 0 bridgehead atoms. The van der Waals surface area contributed by atoms with Crippen LogP contribution in [0.4, 0.5) is 0 Å². The molecule has 0 fully saturated rings. The highest BCUT2D eigenvalue weighted by Gasteiger charge is 2.22. The summed E-state index contributed by atoms with van der Waals surface area (Å²) in [5.41, 5.74) is 6.59. The molecule has 1 heterocycles. The van der Waals surface area contributed by atoms with Crippen LogP contribution in [0.5, 0.6) is 0 Å². The Morgan fingerprint density at radius 2 is 2.58 bits per heavy atom. The Kier molecular flexibility index (Phi) is 3.44. The van der Waals surface area contributed by atoms with E-state index < -0.39 is 0 Å². The predicted octanol–water partition coefficient (Wildman–Crippen LogP) is 0.624. The van der Waals surface area contributed by atoms with Crippen molar-refractivity contribution in [2.75, 3.05) is 19.6 Å². The largest absolute Gasteiger partial charge is 0.329 e. The maximum absolute atomic E-state index is 5.49. The summed E-state index contributed by atoms with van der Waals surface area (Å²) >= 11 is 0. The minimum atomic E-state index is 0.335. The van der Waals surface area contributed by atoms with Gasteiger partial charge in [-0.3, -0.25) is 9.89 Å². The molecule has 3 heteroatoms. The fourth-order valence-electron chi connectivity index (χ4n) is 1.49. The smallest absolute Gasteiger partial charge is 0.102 e. The van der Waals surface area contributed by atoms with Crippen LogP contribution in [0.2, 0.25) is 0 Å². The standard InChI is InChI=1S/C9H17N3/c1-3-8-7-12(6-5-10)9(4-2)11-8/h3,9H,1,4-7,10H2,2H3. The van der Waals surface area contributed by atoms with Crippen molar-refractivity contribution in [1.82, 2.24) is 4.90 Å². The lowest BCUT2D eigenvalue weighted by Gasteiger charge is -2.20. The van der Waals surface area contributed by atoms with E-state index in [0.717, 1.165) is 25.2 Å². The zero-order valence-corrected chi connectivity index (χ0v) is 7.66. The predicted molar refractivity (Wildman–Crippen MR) is 52.3 cm³/mol. The van der Waals surface area contributed by atoms with Gasteiger partial charge in [-0.15, -0.1) is 0 Å². The van der Waals surface area contributed by atoms with Gasteiger partial charge in [-0.25, -0.2) is 0 Å². The SMILES string of the molecule is C=CC1=NC(CC)N(CCN)C1. The van der Waals surface area contributed by atoms with Gasteiger partial charge in [0.1, 0.15) is 6.17 Å². The summed E-state index contributed by atoms with van der Waals surface area (Å²) in [6, 6.07) is 0. The Morgan fingerprint density at radius 1 is 1.83 bits per heavy atom. The van der Waals surface area contributed by atoms with Crippen molar-refractivity contribution in [3.8, 4) is 0 Å². The molecule has 0 radical (unpaired) electrons. The van der Waals surface area contributed by atoms with Crippen LogP contribution in [0.25, 0.3) is 0 Å². The molecule has 12 heavy (non-hydrogen) atoms. The first kappa shape index (κ1) is 9.42. The van der Waals surface area contributed by atoms with Gasteiger partial charge in [0.2, 0.25) is 0 Å². The second-order valence-electron chi connectivity index (χ2n) is 2.97. The van der Waals surface area contributed by atoms with Crippen LogP contribution < -0.4 is 5.73 Å². The Balaban J connectivity index is 2.53. The molecule has 0 aromatic carbocycles. The zero-order valence-electron chi connectivity index (χ0n) is 7.66. The quantitative estimate of drug-likeness (QED) is 0.667. The molecule has 0 saturated heterocycles. The number of hydrogen-bond donors (Lipinski definition) is 1. The van der Waals surface area contributed by atoms with Gasteiger partial charge in [0, 0.05) is 19.6 Å². The summed E-state index contributed by atoms with van der Waals surface area (Å²) in [6.45, 7) is 8.41. The summed E-state index contributed by atoms with van der Waals surface area (Å²) in [5.74, 6) is 0. The van der Waals surface area contributed by atoms with Gasteiger partial charge in [-0.05, 0) is 12.5 Å². The van der Waals surface area contributed by atoms with Crippen LogP contribution in [-0.2, 0) is 0 Å². The van der Waals surface area contributed by atoms with Crippen molar-refractivity contribution in [3.05, 3.63) is 12.7 Å². The molecule has 0 aliphatic carbocycles. The van der Waals surface area contributed by atoms with E-state index in [9.17, 15) is 0 Å². The van der Waals surface area contributed by atoms with E-state index in [0.29, 0.717) is 12.7 Å². The van der Waals surface area contributed by atoms with Crippen LogP contribution in [0.15, 0.2) is 17.6 Å². The minimum absolute atomic E-state index is 0.335. The minimum Gasteiger partial charge on any atom is -0.329 e. The molecule has 1 atom stereocenters. The normalized spacial score (nSPS) is 24.2. The van der Waals surface area contributed by atoms with E-state index >= 15 is 0 Å². The van der Waals surface area contributed by atoms with Gasteiger partial charge >= 0.3 is 0 Å². The summed E-state index contributed by atoms with van der Waals surface area (Å²) in [5, 5.41) is 0. The number of rotatable bonds is 4. The van der Waals surface area contributed by atoms with E-state index in [-0.39, 0.29) is 0 Å². The maximum atomic E-state index is 5.49. The fourth-order valence-corrected chi connectivity index (χ4v) is 1.49. The molecular formula is C9H17N3. The van der Waals surface area contributed by atoms with Crippen LogP contribution in [0.3, 0.4) is 0 Å². The van der Waals surface area contributed by atoms with Crippen LogP contribution in [-0.4, -0.2) is 36.4 Å². The molecule has 1 aliphatic rings. The van der Waals surface area contributed by atoms with Crippen molar-refractivity contribution in [3.63, 3.8) is 0 Å². The number of nitrogens with two attached hydrogens (primary N) is 1. The molecule has 3 nitrogen and oxygen atoms in total. The van der Waals surface area contributed by atoms with E-state index in [4.69, 9.17) is 5.73 Å². The summed E-state index contributed by atoms with van der Waals surface area (Å²) in [4.78, 5) is 6.78. The average Bonchev–Trinajstić information content (AvgIpc) is 2.48. The van der Waals surface area contributed by atoms with Crippen molar-refractivity contribution in [1.29, 1.82) is 0 Å². The van der Waals surface area contributed by atoms with Crippen molar-refractivity contribution in [2.24, 2.45) is 10.7 Å². The van der Waals surface area contributed by atoms with Crippen LogP contribution in [0.1, 0.15) is 13.3 Å². The first-order chi connectivity index (χ1) is 5.81. The molecule has 0 amide bonds. The number of aliphatic imine (C=N–C) groups is 1. The van der Waals surface area contributed by atoms with Crippen molar-refractivity contribution < 1.29 is 0 Å². The average molecular weight is 167 g/mol. The number of nitrogens with zero attached hydrogens (tertiary/aromatic N) is 2. The first-order valence-electron chi connectivity index (χ1n) is 4.45. The molecule has 1 rings (SSSR count). The van der Waals surface area contributed by atoms with Gasteiger partial charge in [0.25, 0.3) is 0 Å². The van der Waals surface area contributed by atoms with E-state index in [1.54, 1.807) is 0 Å². The van der Waals surface area contributed by atoms with Crippen molar-refractivity contribution in [2.45, 2.75) is 19.5 Å². The summed E-state index contributed by atoms with van der Waals surface area (Å²) in [6.07, 6.45) is 3.22. The molecular weight excluding hydrogens is 150 g/mol. The molecule has 0 saturated carbocycles. The molecule has 1 unspecified atom stereocenters. The lowest BCUT2D eigenvalue weighted by molar-refractivity contribution is 0.252. The highest BCUT2D eigenvalue weighted by Crippen LogP contribution is 2.12. The molecule has 68 valence electrons. The van der Waals surface area contributed by atoms with Gasteiger partial charge in [0.05, 0.1) is 5.71 Å². The topological polar surface area (TPSA) is 41.6 Å². The highest BCUT2D eigenvalue weighted by molar-refractivity contribution is 5.97. The number of hydrogen-bond acceptors (Lipinski definition) is 3. The van der Waals surface area contributed by atoms with Gasteiger partial charge in [-0.1, -0.05) is 13.5 Å². The molecule has 1 aliphatic heterocycles. The van der Waals surface area contributed by atoms with Gasteiger partial charge in [0.15, 0.2) is 0 Å². The molecule has 0 aromatic heterocycles. The van der Waals surface area contributed by atoms with E-state index in [1.165, 1.54) is 0 Å². The summed E-state index contributed by atoms with van der Waals surface area (Å²) < 4.78 is 0. The molecule has 0 spiro atoms. The third-order valence-corrected chi connectivity index (χ3v) is 2.12. The maximum Gasteiger partial charge on any atom is 0.102 e. The first-order valence-corrected chi connectivity index (χ1v) is 4.45. The second kappa shape index (κ2) is 4.38. The lowest BCUT2D eigenvalue weighted by Crippen LogP contribution is -2.34. The van der Waals surface area contributed by atoms with Crippen molar-refractivity contribution >= 4 is 5.71 Å². The third kappa shape index (κ3) is 1.93. The zero-order chi connectivity index (χ0) is 8.97. The molecule has 2 N–H and O–H groups in total. The molecule has 0 aromatic rings. The monoisotopic (exact) mass is 167 g/mol. The van der Waals surface area contributed by atoms with Gasteiger partial charge < -0.3 is 5.73 Å². The summed E-state index contributed by atoms with van der Waals surface area (Å²) in [7, 11) is 0. The van der Waals surface area contributed by atoms with Crippen LogP contribution >= 0.6 is 0 Å². The van der Waals surface area contributed by atoms with E-state index in [2.05, 4.69) is 23.4 Å². The van der Waals surface area contributed by atoms with Crippen LogP contribution in [0, 0.1) is 0 Å². The highest BCUT2D eigenvalue weighted by atomic mass is 15.3. The Hall–Kier alpha value is -0.670. The third-order valence-electron chi connectivity index (χ3n) is 2.12. The lowest BCUT2D eigenvalue weighted by atomic mass is 10.3. The Bertz CT molecular complexity index is 186. The van der Waals surface area contributed by atoms with E-state index in [1.807, 2.05) is 6.08 Å². The fraction of sp³-hybridized carbons (Fsp3) is 0.667.